The van der Waals surface area contributed by atoms with Crippen LogP contribution in [0.25, 0.3) is 0 Å². The van der Waals surface area contributed by atoms with Crippen molar-refractivity contribution in [2.45, 2.75) is 19.3 Å². The molecule has 1 heterocycles. The highest BCUT2D eigenvalue weighted by atomic mass is 32.2. The second kappa shape index (κ2) is 12.3. The molecule has 8 heteroatoms. The summed E-state index contributed by atoms with van der Waals surface area (Å²) in [6, 6.07) is 9.76. The molecule has 1 saturated heterocycles. The first-order chi connectivity index (χ1) is 13.0. The fraction of sp³-hybridized carbons (Fsp3) is 0.421. The van der Waals surface area contributed by atoms with Crippen LogP contribution >= 0.6 is 0 Å². The maximum absolute atomic E-state index is 12.2. The highest BCUT2D eigenvalue weighted by Crippen LogP contribution is 2.19. The van der Waals surface area contributed by atoms with Gasteiger partial charge in [-0.15, -0.1) is 0 Å². The normalized spacial score (nSPS) is 16.7. The van der Waals surface area contributed by atoms with Crippen LogP contribution in [-0.2, 0) is 21.2 Å². The van der Waals surface area contributed by atoms with Crippen molar-refractivity contribution < 1.29 is 13.2 Å². The quantitative estimate of drug-likeness (QED) is 0.355. The molecular weight excluding hydrogens is 364 g/mol. The lowest BCUT2D eigenvalue weighted by Gasteiger charge is -2.30. The monoisotopic (exact) mass is 394 g/mol. The zero-order valence-corrected chi connectivity index (χ0v) is 16.4. The number of carbonyl (C=O) groups excluding carboxylic acids is 1. The summed E-state index contributed by atoms with van der Waals surface area (Å²) in [6.45, 7) is 1.91. The fourth-order valence-corrected chi connectivity index (χ4v) is 4.21. The summed E-state index contributed by atoms with van der Waals surface area (Å²) >= 11 is 0. The Hall–Kier alpha value is -2.16. The third-order valence-corrected chi connectivity index (χ3v) is 6.28. The van der Waals surface area contributed by atoms with Crippen LogP contribution in [0.5, 0.6) is 0 Å². The zero-order chi connectivity index (χ0) is 20.1. The number of benzene rings is 1. The van der Waals surface area contributed by atoms with E-state index in [0.29, 0.717) is 43.8 Å². The minimum absolute atomic E-state index is 0.199. The van der Waals surface area contributed by atoms with Crippen molar-refractivity contribution in [3.8, 4) is 0 Å². The van der Waals surface area contributed by atoms with Gasteiger partial charge in [0.2, 0.25) is 10.0 Å². The summed E-state index contributed by atoms with van der Waals surface area (Å²) in [5.74, 6) is 0.685. The molecule has 0 radical (unpaired) electrons. The molecule has 0 saturated carbocycles. The summed E-state index contributed by atoms with van der Waals surface area (Å²) in [6.07, 6.45) is 6.86. The second-order valence-electron chi connectivity index (χ2n) is 6.27. The van der Waals surface area contributed by atoms with Crippen LogP contribution in [0.2, 0.25) is 0 Å². The number of sulfonamides is 1. The number of nitrogens with zero attached hydrogens (tertiary/aromatic N) is 1. The molecule has 1 aromatic rings. The van der Waals surface area contributed by atoms with Gasteiger partial charge in [-0.1, -0.05) is 30.3 Å². The number of rotatable bonds is 7. The fourth-order valence-electron chi connectivity index (χ4n) is 2.69. The van der Waals surface area contributed by atoms with Crippen molar-refractivity contribution in [2.75, 3.05) is 25.4 Å². The Balaban J connectivity index is 0.000000387. The van der Waals surface area contributed by atoms with Crippen LogP contribution in [0.3, 0.4) is 0 Å². The molecule has 1 aliphatic rings. The van der Waals surface area contributed by atoms with E-state index in [1.165, 1.54) is 18.5 Å². The third-order valence-electron chi connectivity index (χ3n) is 4.41. The molecule has 0 aliphatic carbocycles. The zero-order valence-electron chi connectivity index (χ0n) is 15.5. The van der Waals surface area contributed by atoms with Crippen molar-refractivity contribution in [3.63, 3.8) is 0 Å². The van der Waals surface area contributed by atoms with Crippen LogP contribution in [0.1, 0.15) is 18.4 Å². The van der Waals surface area contributed by atoms with E-state index in [2.05, 4.69) is 0 Å². The first kappa shape index (κ1) is 22.9. The van der Waals surface area contributed by atoms with Crippen LogP contribution in [0.4, 0.5) is 0 Å². The molecule has 0 unspecified atom stereocenters. The average molecular weight is 395 g/mol. The average Bonchev–Trinajstić information content (AvgIpc) is 2.72. The van der Waals surface area contributed by atoms with Gasteiger partial charge in [-0.2, -0.15) is 0 Å². The second-order valence-corrected chi connectivity index (χ2v) is 8.36. The number of piperidine rings is 1. The van der Waals surface area contributed by atoms with Crippen molar-refractivity contribution in [3.05, 3.63) is 59.9 Å². The van der Waals surface area contributed by atoms with Crippen LogP contribution in [-0.4, -0.2) is 44.4 Å². The lowest BCUT2D eigenvalue weighted by Crippen LogP contribution is -2.41. The highest BCUT2D eigenvalue weighted by Gasteiger charge is 2.26. The van der Waals surface area contributed by atoms with E-state index >= 15 is 0 Å². The van der Waals surface area contributed by atoms with Crippen LogP contribution in [0, 0.1) is 5.92 Å². The molecule has 150 valence electrons. The molecular formula is C19H30N4O3S. The van der Waals surface area contributed by atoms with E-state index in [-0.39, 0.29) is 5.75 Å². The number of aryl methyl sites for hydroxylation is 1. The number of hydrogen-bond acceptors (Lipinski definition) is 6. The van der Waals surface area contributed by atoms with Gasteiger partial charge in [0.25, 0.3) is 0 Å². The Morgan fingerprint density at radius 2 is 1.78 bits per heavy atom. The number of allylic oxidation sites excluding steroid dienone is 2. The van der Waals surface area contributed by atoms with E-state index in [9.17, 15) is 13.2 Å². The summed E-state index contributed by atoms with van der Waals surface area (Å²) in [7, 11) is -3.12. The summed E-state index contributed by atoms with van der Waals surface area (Å²) in [4.78, 5) is 9.87. The molecule has 6 N–H and O–H groups in total. The molecule has 7 nitrogen and oxygen atoms in total. The predicted molar refractivity (Wildman–Crippen MR) is 109 cm³/mol. The Morgan fingerprint density at radius 1 is 1.15 bits per heavy atom. The van der Waals surface area contributed by atoms with Gasteiger partial charge in [0.05, 0.1) is 5.75 Å². The molecule has 2 rings (SSSR count). The van der Waals surface area contributed by atoms with Crippen molar-refractivity contribution in [1.82, 2.24) is 4.31 Å². The lowest BCUT2D eigenvalue weighted by atomic mass is 9.99. The third kappa shape index (κ3) is 8.38. The van der Waals surface area contributed by atoms with Gasteiger partial charge >= 0.3 is 0 Å². The van der Waals surface area contributed by atoms with Gasteiger partial charge in [-0.3, -0.25) is 4.79 Å². The van der Waals surface area contributed by atoms with Gasteiger partial charge in [0.15, 0.2) is 6.29 Å². The van der Waals surface area contributed by atoms with E-state index < -0.39 is 10.0 Å². The smallest absolute Gasteiger partial charge is 0.214 e. The molecule has 0 aromatic heterocycles. The van der Waals surface area contributed by atoms with Gasteiger partial charge in [-0.05, 0) is 49.6 Å². The summed E-state index contributed by atoms with van der Waals surface area (Å²) in [5.41, 5.74) is 17.0. The summed E-state index contributed by atoms with van der Waals surface area (Å²) < 4.78 is 26.1. The summed E-state index contributed by atoms with van der Waals surface area (Å²) in [5, 5.41) is 0. The molecule has 27 heavy (non-hydrogen) atoms. The number of nitrogens with two attached hydrogens (primary N) is 3. The van der Waals surface area contributed by atoms with Crippen molar-refractivity contribution in [1.29, 1.82) is 0 Å². The van der Waals surface area contributed by atoms with E-state index in [1.807, 2.05) is 30.3 Å². The topological polar surface area (TPSA) is 133 Å². The van der Waals surface area contributed by atoms with Crippen LogP contribution < -0.4 is 17.2 Å². The molecule has 0 atom stereocenters. The molecule has 1 aromatic carbocycles. The van der Waals surface area contributed by atoms with Gasteiger partial charge in [0.1, 0.15) is 0 Å². The lowest BCUT2D eigenvalue weighted by molar-refractivity contribution is -0.104. The molecule has 1 aliphatic heterocycles. The van der Waals surface area contributed by atoms with E-state index in [4.69, 9.17) is 17.2 Å². The molecule has 0 amide bonds. The number of carbonyl (C=O) groups is 1. The number of aldehydes is 1. The number of hydrogen-bond donors (Lipinski definition) is 3. The minimum atomic E-state index is -3.12. The van der Waals surface area contributed by atoms with Crippen molar-refractivity contribution in [2.24, 2.45) is 23.1 Å². The first-order valence-corrected chi connectivity index (χ1v) is 10.5. The maximum atomic E-state index is 12.2. The van der Waals surface area contributed by atoms with E-state index in [0.717, 1.165) is 18.4 Å². The minimum Gasteiger partial charge on any atom is -0.405 e. The molecule has 0 bridgehead atoms. The van der Waals surface area contributed by atoms with Gasteiger partial charge in [0, 0.05) is 24.9 Å². The molecule has 0 spiro atoms. The Kier molecular flexibility index (Phi) is 10.4. The molecule has 1 fully saturated rings. The highest BCUT2D eigenvalue weighted by molar-refractivity contribution is 7.89. The van der Waals surface area contributed by atoms with E-state index in [1.54, 1.807) is 4.31 Å². The SMILES string of the molecule is N/C=C\C(C=O)=C/N.NCC1CCN(S(=O)(=O)CCc2ccccc2)CC1. The Bertz CT molecular complexity index is 710. The Morgan fingerprint density at radius 3 is 2.22 bits per heavy atom. The maximum Gasteiger partial charge on any atom is 0.214 e. The first-order valence-electron chi connectivity index (χ1n) is 8.94. The van der Waals surface area contributed by atoms with Gasteiger partial charge in [-0.25, -0.2) is 12.7 Å². The largest absolute Gasteiger partial charge is 0.405 e. The van der Waals surface area contributed by atoms with Crippen LogP contribution in [0.15, 0.2) is 54.4 Å². The predicted octanol–water partition coefficient (Wildman–Crippen LogP) is 0.730. The standard InChI is InChI=1S/C14H22N2O2S.C5H8N2O/c15-12-14-6-9-16(10-7-14)19(17,18)11-8-13-4-2-1-3-5-13;6-2-1-5(3-7)4-8/h1-5,14H,6-12,15H2;1-4H,6-7H2/b;2-1-,5-3+. The van der Waals surface area contributed by atoms with Gasteiger partial charge < -0.3 is 17.2 Å². The Labute approximate surface area is 161 Å². The van der Waals surface area contributed by atoms with Crippen molar-refractivity contribution >= 4 is 16.3 Å².